The SMILES string of the molecule is CN(CC(=O)Nc1cccc(Cl)c1)C(=O)C1COCCN1. The molecule has 1 aliphatic heterocycles. The number of ether oxygens (including phenoxy) is 1. The maximum Gasteiger partial charge on any atom is 0.243 e. The van der Waals surface area contributed by atoms with Gasteiger partial charge in [-0.25, -0.2) is 0 Å². The maximum absolute atomic E-state index is 12.1. The van der Waals surface area contributed by atoms with Crippen LogP contribution >= 0.6 is 11.6 Å². The van der Waals surface area contributed by atoms with Crippen LogP contribution in [0.4, 0.5) is 5.69 Å². The molecule has 0 aromatic heterocycles. The van der Waals surface area contributed by atoms with Gasteiger partial charge in [-0.3, -0.25) is 9.59 Å². The molecule has 1 aliphatic rings. The first-order chi connectivity index (χ1) is 10.1. The van der Waals surface area contributed by atoms with E-state index in [4.69, 9.17) is 16.3 Å². The number of hydrogen-bond donors (Lipinski definition) is 2. The van der Waals surface area contributed by atoms with Crippen molar-refractivity contribution in [3.63, 3.8) is 0 Å². The standard InChI is InChI=1S/C14H18ClN3O3/c1-18(14(20)12-9-21-6-5-16-12)8-13(19)17-11-4-2-3-10(15)7-11/h2-4,7,12,16H,5-6,8-9H2,1H3,(H,17,19). The Labute approximate surface area is 128 Å². The van der Waals surface area contributed by atoms with Crippen molar-refractivity contribution in [2.24, 2.45) is 0 Å². The van der Waals surface area contributed by atoms with Crippen LogP contribution in [0.25, 0.3) is 0 Å². The molecule has 0 radical (unpaired) electrons. The van der Waals surface area contributed by atoms with E-state index >= 15 is 0 Å². The number of anilines is 1. The zero-order valence-corrected chi connectivity index (χ0v) is 12.5. The van der Waals surface area contributed by atoms with Gasteiger partial charge < -0.3 is 20.3 Å². The second-order valence-corrected chi connectivity index (χ2v) is 5.27. The van der Waals surface area contributed by atoms with Gasteiger partial charge in [0.25, 0.3) is 0 Å². The summed E-state index contributed by atoms with van der Waals surface area (Å²) in [6, 6.07) is 6.47. The van der Waals surface area contributed by atoms with Crippen LogP contribution in [0, 0.1) is 0 Å². The third-order valence-electron chi connectivity index (χ3n) is 3.09. The predicted molar refractivity (Wildman–Crippen MR) is 80.3 cm³/mol. The number of carbonyl (C=O) groups is 2. The zero-order chi connectivity index (χ0) is 15.2. The van der Waals surface area contributed by atoms with Gasteiger partial charge in [0.2, 0.25) is 11.8 Å². The number of halogens is 1. The lowest BCUT2D eigenvalue weighted by Gasteiger charge is -2.27. The quantitative estimate of drug-likeness (QED) is 0.860. The molecule has 0 saturated carbocycles. The summed E-state index contributed by atoms with van der Waals surface area (Å²) in [4.78, 5) is 25.4. The number of nitrogens with one attached hydrogen (secondary N) is 2. The van der Waals surface area contributed by atoms with E-state index in [1.54, 1.807) is 31.3 Å². The van der Waals surface area contributed by atoms with E-state index in [0.717, 1.165) is 0 Å². The molecule has 2 amide bonds. The van der Waals surface area contributed by atoms with E-state index in [9.17, 15) is 9.59 Å². The molecule has 0 bridgehead atoms. The third-order valence-corrected chi connectivity index (χ3v) is 3.32. The summed E-state index contributed by atoms with van der Waals surface area (Å²) in [5.74, 6) is -0.430. The molecule has 1 aromatic rings. The first-order valence-electron chi connectivity index (χ1n) is 6.68. The fraction of sp³-hybridized carbons (Fsp3) is 0.429. The zero-order valence-electron chi connectivity index (χ0n) is 11.8. The van der Waals surface area contributed by atoms with Gasteiger partial charge in [0, 0.05) is 24.3 Å². The summed E-state index contributed by atoms with van der Waals surface area (Å²) in [7, 11) is 1.59. The second kappa shape index (κ2) is 7.40. The van der Waals surface area contributed by atoms with Gasteiger partial charge in [-0.05, 0) is 18.2 Å². The minimum Gasteiger partial charge on any atom is -0.378 e. The lowest BCUT2D eigenvalue weighted by atomic mass is 10.2. The van der Waals surface area contributed by atoms with Gasteiger partial charge in [0.15, 0.2) is 0 Å². The molecule has 0 aliphatic carbocycles. The third kappa shape index (κ3) is 4.70. The fourth-order valence-electron chi connectivity index (χ4n) is 2.05. The summed E-state index contributed by atoms with van der Waals surface area (Å²) in [6.45, 7) is 1.55. The first-order valence-corrected chi connectivity index (χ1v) is 7.05. The highest BCUT2D eigenvalue weighted by atomic mass is 35.5. The Morgan fingerprint density at radius 1 is 1.52 bits per heavy atom. The Balaban J connectivity index is 1.85. The molecule has 1 saturated heterocycles. The number of amides is 2. The van der Waals surface area contributed by atoms with Crippen molar-refractivity contribution >= 4 is 29.1 Å². The molecule has 1 atom stereocenters. The van der Waals surface area contributed by atoms with E-state index in [0.29, 0.717) is 30.5 Å². The Morgan fingerprint density at radius 3 is 3.00 bits per heavy atom. The van der Waals surface area contributed by atoms with Crippen LogP contribution in [0.3, 0.4) is 0 Å². The minimum absolute atomic E-state index is 0.0243. The Morgan fingerprint density at radius 2 is 2.33 bits per heavy atom. The number of morpholine rings is 1. The second-order valence-electron chi connectivity index (χ2n) is 4.83. The number of nitrogens with zero attached hydrogens (tertiary/aromatic N) is 1. The van der Waals surface area contributed by atoms with E-state index in [1.807, 2.05) is 0 Å². The van der Waals surface area contributed by atoms with Gasteiger partial charge in [-0.1, -0.05) is 17.7 Å². The average molecular weight is 312 g/mol. The Bertz CT molecular complexity index is 518. The van der Waals surface area contributed by atoms with Gasteiger partial charge in [0.1, 0.15) is 6.04 Å². The summed E-state index contributed by atoms with van der Waals surface area (Å²) in [5.41, 5.74) is 0.604. The summed E-state index contributed by atoms with van der Waals surface area (Å²) >= 11 is 5.85. The average Bonchev–Trinajstić information content (AvgIpc) is 2.47. The lowest BCUT2D eigenvalue weighted by molar-refractivity contribution is -0.137. The smallest absolute Gasteiger partial charge is 0.243 e. The Kier molecular flexibility index (Phi) is 5.55. The van der Waals surface area contributed by atoms with Crippen LogP contribution < -0.4 is 10.6 Å². The minimum atomic E-state index is -0.386. The molecule has 2 N–H and O–H groups in total. The number of benzene rings is 1. The molecule has 1 unspecified atom stereocenters. The predicted octanol–water partition coefficient (Wildman–Crippen LogP) is 0.725. The van der Waals surface area contributed by atoms with Crippen LogP contribution in [0.5, 0.6) is 0 Å². The molecule has 21 heavy (non-hydrogen) atoms. The molecular formula is C14H18ClN3O3. The first kappa shape index (κ1) is 15.8. The highest BCUT2D eigenvalue weighted by Gasteiger charge is 2.25. The highest BCUT2D eigenvalue weighted by molar-refractivity contribution is 6.30. The molecule has 6 nitrogen and oxygen atoms in total. The van der Waals surface area contributed by atoms with E-state index in [2.05, 4.69) is 10.6 Å². The van der Waals surface area contributed by atoms with Crippen LogP contribution in [0.1, 0.15) is 0 Å². The molecular weight excluding hydrogens is 294 g/mol. The van der Waals surface area contributed by atoms with Gasteiger partial charge in [-0.15, -0.1) is 0 Å². The van der Waals surface area contributed by atoms with Gasteiger partial charge in [-0.2, -0.15) is 0 Å². The van der Waals surface area contributed by atoms with Gasteiger partial charge in [0.05, 0.1) is 19.8 Å². The molecule has 114 valence electrons. The molecule has 1 aromatic carbocycles. The van der Waals surface area contributed by atoms with Crippen molar-refractivity contribution < 1.29 is 14.3 Å². The van der Waals surface area contributed by atoms with E-state index < -0.39 is 0 Å². The molecule has 7 heteroatoms. The van der Waals surface area contributed by atoms with E-state index in [1.165, 1.54) is 4.90 Å². The van der Waals surface area contributed by atoms with E-state index in [-0.39, 0.29) is 24.4 Å². The summed E-state index contributed by atoms with van der Waals surface area (Å²) < 4.78 is 5.24. The lowest BCUT2D eigenvalue weighted by Crippen LogP contribution is -2.52. The van der Waals surface area contributed by atoms with Gasteiger partial charge >= 0.3 is 0 Å². The van der Waals surface area contributed by atoms with Crippen molar-refractivity contribution in [3.05, 3.63) is 29.3 Å². The largest absolute Gasteiger partial charge is 0.378 e. The monoisotopic (exact) mass is 311 g/mol. The van der Waals surface area contributed by atoms with Crippen molar-refractivity contribution in [3.8, 4) is 0 Å². The van der Waals surface area contributed by atoms with Crippen molar-refractivity contribution in [2.75, 3.05) is 38.7 Å². The van der Waals surface area contributed by atoms with Crippen molar-refractivity contribution in [2.45, 2.75) is 6.04 Å². The topological polar surface area (TPSA) is 70.7 Å². The summed E-state index contributed by atoms with van der Waals surface area (Å²) in [5, 5.41) is 6.31. The van der Waals surface area contributed by atoms with Crippen LogP contribution in [-0.4, -0.2) is 56.1 Å². The molecule has 1 heterocycles. The number of rotatable bonds is 4. The van der Waals surface area contributed by atoms with Crippen LogP contribution in [0.2, 0.25) is 5.02 Å². The van der Waals surface area contributed by atoms with Crippen molar-refractivity contribution in [1.29, 1.82) is 0 Å². The Hall–Kier alpha value is -1.63. The number of hydrogen-bond acceptors (Lipinski definition) is 4. The van der Waals surface area contributed by atoms with Crippen molar-refractivity contribution in [1.82, 2.24) is 10.2 Å². The van der Waals surface area contributed by atoms with Crippen LogP contribution in [0.15, 0.2) is 24.3 Å². The molecule has 2 rings (SSSR count). The molecule has 1 fully saturated rings. The number of carbonyl (C=O) groups excluding carboxylic acids is 2. The van der Waals surface area contributed by atoms with Crippen LogP contribution in [-0.2, 0) is 14.3 Å². The fourth-order valence-corrected chi connectivity index (χ4v) is 2.24. The summed E-state index contributed by atoms with van der Waals surface area (Å²) in [6.07, 6.45) is 0. The highest BCUT2D eigenvalue weighted by Crippen LogP contribution is 2.14. The number of likely N-dealkylation sites (N-methyl/N-ethyl adjacent to an activating group) is 1. The normalized spacial score (nSPS) is 18.1. The maximum atomic E-state index is 12.1. The molecule has 0 spiro atoms.